The second-order valence-electron chi connectivity index (χ2n) is 4.91. The fraction of sp³-hybridized carbons (Fsp3) is 0.538. The van der Waals surface area contributed by atoms with Gasteiger partial charge in [0.2, 0.25) is 0 Å². The number of aryl methyl sites for hydroxylation is 1. The Labute approximate surface area is 111 Å². The number of aromatic nitrogens is 1. The van der Waals surface area contributed by atoms with Gasteiger partial charge in [0, 0.05) is 17.0 Å². The molecule has 2 rings (SSSR count). The minimum Gasteiger partial charge on any atom is -0.478 e. The van der Waals surface area contributed by atoms with Gasteiger partial charge in [0.1, 0.15) is 11.4 Å². The highest BCUT2D eigenvalue weighted by molar-refractivity contribution is 8.00. The third-order valence-corrected chi connectivity index (χ3v) is 4.73. The van der Waals surface area contributed by atoms with Gasteiger partial charge in [-0.05, 0) is 44.6 Å². The lowest BCUT2D eigenvalue weighted by molar-refractivity contribution is 0.0697. The van der Waals surface area contributed by atoms with Crippen LogP contribution < -0.4 is 5.32 Å². The largest absolute Gasteiger partial charge is 0.478 e. The fourth-order valence-electron chi connectivity index (χ4n) is 2.11. The van der Waals surface area contributed by atoms with Crippen LogP contribution in [0.4, 0.5) is 5.82 Å². The molecule has 0 bridgehead atoms. The maximum atomic E-state index is 11.1. The van der Waals surface area contributed by atoms with Gasteiger partial charge in [-0.15, -0.1) is 0 Å². The van der Waals surface area contributed by atoms with Crippen molar-refractivity contribution >= 4 is 23.5 Å². The molecule has 0 aromatic carbocycles. The quantitative estimate of drug-likeness (QED) is 0.877. The fourth-order valence-corrected chi connectivity index (χ4v) is 3.36. The Morgan fingerprint density at radius 3 is 3.00 bits per heavy atom. The SMILES string of the molecule is Cc1ccc(C(=O)O)c(NCC2(C)CCCS2)n1. The molecule has 5 heteroatoms. The Bertz CT molecular complexity index is 456. The van der Waals surface area contributed by atoms with E-state index in [0.717, 1.165) is 12.2 Å². The van der Waals surface area contributed by atoms with E-state index < -0.39 is 5.97 Å². The van der Waals surface area contributed by atoms with E-state index >= 15 is 0 Å². The van der Waals surface area contributed by atoms with Crippen molar-refractivity contribution in [3.8, 4) is 0 Å². The first-order chi connectivity index (χ1) is 8.50. The number of nitrogens with one attached hydrogen (secondary N) is 1. The first-order valence-corrected chi connectivity index (χ1v) is 7.07. The molecule has 1 aromatic heterocycles. The van der Waals surface area contributed by atoms with Crippen molar-refractivity contribution < 1.29 is 9.90 Å². The average molecular weight is 266 g/mol. The van der Waals surface area contributed by atoms with Gasteiger partial charge in [0.15, 0.2) is 0 Å². The maximum Gasteiger partial charge on any atom is 0.339 e. The molecule has 1 saturated heterocycles. The molecule has 1 atom stereocenters. The monoisotopic (exact) mass is 266 g/mol. The molecule has 0 aliphatic carbocycles. The molecule has 0 amide bonds. The molecule has 1 aromatic rings. The number of pyridine rings is 1. The molecule has 98 valence electrons. The smallest absolute Gasteiger partial charge is 0.339 e. The Morgan fingerprint density at radius 1 is 1.61 bits per heavy atom. The summed E-state index contributed by atoms with van der Waals surface area (Å²) in [5, 5.41) is 12.3. The number of hydrogen-bond acceptors (Lipinski definition) is 4. The van der Waals surface area contributed by atoms with Crippen LogP contribution in [0.1, 0.15) is 35.8 Å². The van der Waals surface area contributed by atoms with E-state index in [1.165, 1.54) is 18.6 Å². The lowest BCUT2D eigenvalue weighted by atomic mass is 10.1. The summed E-state index contributed by atoms with van der Waals surface area (Å²) in [5.74, 6) is 0.732. The van der Waals surface area contributed by atoms with E-state index in [0.29, 0.717) is 5.82 Å². The highest BCUT2D eigenvalue weighted by Crippen LogP contribution is 2.37. The van der Waals surface area contributed by atoms with Crippen molar-refractivity contribution in [1.82, 2.24) is 4.98 Å². The lowest BCUT2D eigenvalue weighted by Crippen LogP contribution is -2.28. The van der Waals surface area contributed by atoms with Crippen LogP contribution in [0.3, 0.4) is 0 Å². The first kappa shape index (κ1) is 13.2. The zero-order chi connectivity index (χ0) is 13.2. The topological polar surface area (TPSA) is 62.2 Å². The second-order valence-corrected chi connectivity index (χ2v) is 6.59. The number of thioether (sulfide) groups is 1. The third-order valence-electron chi connectivity index (χ3n) is 3.20. The van der Waals surface area contributed by atoms with E-state index in [1.54, 1.807) is 12.1 Å². The highest BCUT2D eigenvalue weighted by atomic mass is 32.2. The van der Waals surface area contributed by atoms with Crippen LogP contribution >= 0.6 is 11.8 Å². The van der Waals surface area contributed by atoms with Gasteiger partial charge in [-0.1, -0.05) is 0 Å². The lowest BCUT2D eigenvalue weighted by Gasteiger charge is -2.23. The number of anilines is 1. The average Bonchev–Trinajstić information content (AvgIpc) is 2.74. The van der Waals surface area contributed by atoms with Crippen LogP contribution in [0.2, 0.25) is 0 Å². The number of carboxylic acid groups (broad SMARTS) is 1. The number of carbonyl (C=O) groups is 1. The van der Waals surface area contributed by atoms with Gasteiger partial charge in [-0.25, -0.2) is 9.78 Å². The van der Waals surface area contributed by atoms with Gasteiger partial charge < -0.3 is 10.4 Å². The van der Waals surface area contributed by atoms with E-state index in [1.807, 2.05) is 18.7 Å². The highest BCUT2D eigenvalue weighted by Gasteiger charge is 2.29. The predicted molar refractivity (Wildman–Crippen MR) is 74.5 cm³/mol. The minimum absolute atomic E-state index is 0.196. The van der Waals surface area contributed by atoms with Crippen molar-refractivity contribution in [3.63, 3.8) is 0 Å². The van der Waals surface area contributed by atoms with Crippen molar-refractivity contribution in [3.05, 3.63) is 23.4 Å². The predicted octanol–water partition coefficient (Wildman–Crippen LogP) is 2.79. The van der Waals surface area contributed by atoms with E-state index in [2.05, 4.69) is 17.2 Å². The zero-order valence-corrected chi connectivity index (χ0v) is 11.5. The normalized spacial score (nSPS) is 23.0. The molecule has 1 aliphatic heterocycles. The third kappa shape index (κ3) is 2.96. The van der Waals surface area contributed by atoms with E-state index in [4.69, 9.17) is 5.11 Å². The minimum atomic E-state index is -0.936. The van der Waals surface area contributed by atoms with Crippen molar-refractivity contribution in [2.75, 3.05) is 17.6 Å². The van der Waals surface area contributed by atoms with Crippen molar-refractivity contribution in [1.29, 1.82) is 0 Å². The van der Waals surface area contributed by atoms with E-state index in [-0.39, 0.29) is 10.3 Å². The Kier molecular flexibility index (Phi) is 3.80. The summed E-state index contributed by atoms with van der Waals surface area (Å²) in [5.41, 5.74) is 1.07. The molecule has 1 aliphatic rings. The summed E-state index contributed by atoms with van der Waals surface area (Å²) >= 11 is 1.94. The molecule has 2 N–H and O–H groups in total. The molecule has 0 radical (unpaired) electrons. The van der Waals surface area contributed by atoms with Gasteiger partial charge in [0.05, 0.1) is 0 Å². The Balaban J connectivity index is 2.12. The summed E-state index contributed by atoms with van der Waals surface area (Å²) in [4.78, 5) is 15.4. The van der Waals surface area contributed by atoms with Crippen LogP contribution in [0, 0.1) is 6.92 Å². The number of rotatable bonds is 4. The number of carboxylic acids is 1. The van der Waals surface area contributed by atoms with Crippen molar-refractivity contribution in [2.45, 2.75) is 31.4 Å². The molecule has 2 heterocycles. The van der Waals surface area contributed by atoms with E-state index in [9.17, 15) is 4.79 Å². The molecule has 0 saturated carbocycles. The number of hydrogen-bond donors (Lipinski definition) is 2. The number of nitrogens with zero attached hydrogens (tertiary/aromatic N) is 1. The summed E-state index contributed by atoms with van der Waals surface area (Å²) < 4.78 is 0.196. The van der Waals surface area contributed by atoms with Gasteiger partial charge in [0.25, 0.3) is 0 Å². The molecule has 1 fully saturated rings. The summed E-state index contributed by atoms with van der Waals surface area (Å²) in [7, 11) is 0. The summed E-state index contributed by atoms with van der Waals surface area (Å²) in [6, 6.07) is 3.33. The molecular formula is C13H18N2O2S. The van der Waals surface area contributed by atoms with Gasteiger partial charge >= 0.3 is 5.97 Å². The van der Waals surface area contributed by atoms with Crippen LogP contribution in [-0.2, 0) is 0 Å². The standard InChI is InChI=1S/C13H18N2O2S/c1-9-4-5-10(12(16)17)11(15-9)14-8-13(2)6-3-7-18-13/h4-5H,3,6-8H2,1-2H3,(H,14,15)(H,16,17). The second kappa shape index (κ2) is 5.18. The zero-order valence-electron chi connectivity index (χ0n) is 10.7. The summed E-state index contributed by atoms with van der Waals surface area (Å²) in [6.07, 6.45) is 2.40. The van der Waals surface area contributed by atoms with Crippen LogP contribution in [0.25, 0.3) is 0 Å². The van der Waals surface area contributed by atoms with Gasteiger partial charge in [-0.2, -0.15) is 11.8 Å². The molecular weight excluding hydrogens is 248 g/mol. The Hall–Kier alpha value is -1.23. The number of aromatic carboxylic acids is 1. The molecule has 1 unspecified atom stereocenters. The summed E-state index contributed by atoms with van der Waals surface area (Å²) in [6.45, 7) is 4.84. The van der Waals surface area contributed by atoms with Crippen LogP contribution in [-0.4, -0.2) is 33.1 Å². The molecule has 4 nitrogen and oxygen atoms in total. The van der Waals surface area contributed by atoms with Gasteiger partial charge in [-0.3, -0.25) is 0 Å². The van der Waals surface area contributed by atoms with Crippen LogP contribution in [0.5, 0.6) is 0 Å². The maximum absolute atomic E-state index is 11.1. The molecule has 18 heavy (non-hydrogen) atoms. The molecule has 0 spiro atoms. The Morgan fingerprint density at radius 2 is 2.39 bits per heavy atom. The van der Waals surface area contributed by atoms with Crippen LogP contribution in [0.15, 0.2) is 12.1 Å². The van der Waals surface area contributed by atoms with Crippen molar-refractivity contribution in [2.24, 2.45) is 0 Å². The first-order valence-electron chi connectivity index (χ1n) is 6.09.